The molecule has 1 heterocycles. The van der Waals surface area contributed by atoms with Gasteiger partial charge < -0.3 is 15.3 Å². The quantitative estimate of drug-likeness (QED) is 0.160. The number of carbonyl (C=O) groups is 1. The molecule has 2 N–H and O–H groups in total. The Hall–Kier alpha value is -3.07. The fourth-order valence-electron chi connectivity index (χ4n) is 3.89. The number of halogens is 5. The molecule has 1 aromatic rings. The molecule has 1 aliphatic heterocycles. The van der Waals surface area contributed by atoms with Gasteiger partial charge in [-0.2, -0.15) is 17.5 Å². The van der Waals surface area contributed by atoms with Crippen LogP contribution in [0.15, 0.2) is 51.1 Å². The van der Waals surface area contributed by atoms with Crippen molar-refractivity contribution in [1.82, 2.24) is 14.5 Å². The molecular formula is C22H28F5N5O4S. The minimum atomic E-state index is -4.92. The molecule has 0 aliphatic carbocycles. The van der Waals surface area contributed by atoms with Gasteiger partial charge in [0.25, 0.3) is 0 Å². The van der Waals surface area contributed by atoms with E-state index in [0.717, 1.165) is 37.5 Å². The van der Waals surface area contributed by atoms with E-state index < -0.39 is 81.7 Å². The van der Waals surface area contributed by atoms with Crippen molar-refractivity contribution < 1.29 is 40.3 Å². The fraction of sp³-hybridized carbons (Fsp3) is 0.500. The van der Waals surface area contributed by atoms with Crippen LogP contribution < -0.4 is 5.32 Å². The van der Waals surface area contributed by atoms with Crippen molar-refractivity contribution in [3.8, 4) is 0 Å². The Morgan fingerprint density at radius 2 is 1.95 bits per heavy atom. The Labute approximate surface area is 211 Å². The first-order valence-electron chi connectivity index (χ1n) is 11.1. The van der Waals surface area contributed by atoms with Gasteiger partial charge in [-0.25, -0.2) is 17.2 Å². The average molecular weight is 554 g/mol. The molecule has 1 unspecified atom stereocenters. The van der Waals surface area contributed by atoms with E-state index in [9.17, 15) is 40.3 Å². The first-order chi connectivity index (χ1) is 17.1. The molecule has 37 heavy (non-hydrogen) atoms. The molecule has 15 heteroatoms. The fourth-order valence-corrected chi connectivity index (χ4v) is 5.70. The second-order valence-electron chi connectivity index (χ2n) is 8.24. The zero-order valence-electron chi connectivity index (χ0n) is 20.3. The molecule has 9 nitrogen and oxygen atoms in total. The van der Waals surface area contributed by atoms with Crippen molar-refractivity contribution in [1.29, 1.82) is 0 Å². The summed E-state index contributed by atoms with van der Waals surface area (Å²) in [4.78, 5) is 20.2. The number of benzene rings is 1. The molecule has 0 saturated carbocycles. The van der Waals surface area contributed by atoms with Gasteiger partial charge in [0.2, 0.25) is 21.8 Å². The van der Waals surface area contributed by atoms with Crippen LogP contribution in [0.4, 0.5) is 22.0 Å². The van der Waals surface area contributed by atoms with E-state index in [4.69, 9.17) is 0 Å². The molecule has 0 bridgehead atoms. The van der Waals surface area contributed by atoms with Crippen LogP contribution in [-0.4, -0.2) is 85.4 Å². The number of aliphatic imine (C=N–C) groups is 2. The monoisotopic (exact) mass is 553 g/mol. The molecule has 0 radical (unpaired) electrons. The highest BCUT2D eigenvalue weighted by Gasteiger charge is 2.50. The number of sulfonamides is 1. The third kappa shape index (κ3) is 7.03. The number of rotatable bonds is 9. The molecule has 4 atom stereocenters. The highest BCUT2D eigenvalue weighted by molar-refractivity contribution is 7.89. The summed E-state index contributed by atoms with van der Waals surface area (Å²) >= 11 is 0. The number of aliphatic hydroxyl groups excluding tert-OH is 1. The number of aliphatic hydroxyl groups is 1. The van der Waals surface area contributed by atoms with Crippen LogP contribution in [0, 0.1) is 5.82 Å². The van der Waals surface area contributed by atoms with Gasteiger partial charge in [-0.1, -0.05) is 0 Å². The standard InChI is InChI=1S/C22H28F5N5O4S/c1-5-29-21(22(25,26)27)31(4)19(10-15(33)12-28-3)30-20(34)18-11-17(24)13(2)32(18)37(35,36)16-8-6-14(23)7-9-16/h6-9,12-13,17-19,33H,3,5,10-11H2,1-2,4H3,(H,30,34)/b15-12+,29-21-/t13-,17+,18-,19?/m0/s1. The van der Waals surface area contributed by atoms with Gasteiger partial charge >= 0.3 is 6.18 Å². The van der Waals surface area contributed by atoms with Crippen molar-refractivity contribution in [3.63, 3.8) is 0 Å². The maximum Gasteiger partial charge on any atom is 0.449 e. The van der Waals surface area contributed by atoms with Crippen molar-refractivity contribution in [2.24, 2.45) is 9.98 Å². The van der Waals surface area contributed by atoms with Gasteiger partial charge in [-0.3, -0.25) is 14.8 Å². The number of carbonyl (C=O) groups excluding carboxylic acids is 1. The third-order valence-corrected chi connectivity index (χ3v) is 7.70. The summed E-state index contributed by atoms with van der Waals surface area (Å²) in [7, 11) is -3.53. The number of nitrogens with one attached hydrogen (secondary N) is 1. The second kappa shape index (κ2) is 12.0. The SMILES string of the molecule is C=N/C=C(/O)CC(NC(=O)[C@@H]1C[C@@H](F)[C@H](C)N1S(=O)(=O)c1ccc(F)cc1)N(C)/C(=N\CC)C(F)(F)F. The molecule has 1 aromatic carbocycles. The van der Waals surface area contributed by atoms with Gasteiger partial charge in [0, 0.05) is 26.4 Å². The van der Waals surface area contributed by atoms with E-state index in [0.29, 0.717) is 9.21 Å². The van der Waals surface area contributed by atoms with Crippen LogP contribution in [0.5, 0.6) is 0 Å². The summed E-state index contributed by atoms with van der Waals surface area (Å²) in [6, 6.07) is 0.738. The molecule has 206 valence electrons. The Bertz CT molecular complexity index is 1140. The van der Waals surface area contributed by atoms with E-state index in [-0.39, 0.29) is 6.54 Å². The number of amidine groups is 1. The van der Waals surface area contributed by atoms with Crippen LogP contribution in [0.25, 0.3) is 0 Å². The molecule has 1 saturated heterocycles. The predicted octanol–water partition coefficient (Wildman–Crippen LogP) is 3.16. The maximum atomic E-state index is 14.7. The van der Waals surface area contributed by atoms with Gasteiger partial charge in [0.1, 0.15) is 30.0 Å². The van der Waals surface area contributed by atoms with Crippen LogP contribution in [0.2, 0.25) is 0 Å². The molecule has 1 aliphatic rings. The topological polar surface area (TPSA) is 115 Å². The van der Waals surface area contributed by atoms with Crippen molar-refractivity contribution in [3.05, 3.63) is 42.0 Å². The molecule has 1 fully saturated rings. The maximum absolute atomic E-state index is 14.7. The minimum Gasteiger partial charge on any atom is -0.511 e. The first kappa shape index (κ1) is 30.2. The Balaban J connectivity index is 2.45. The summed E-state index contributed by atoms with van der Waals surface area (Å²) in [5, 5.41) is 12.3. The molecule has 1 amide bonds. The Morgan fingerprint density at radius 3 is 2.46 bits per heavy atom. The lowest BCUT2D eigenvalue weighted by Crippen LogP contribution is -2.57. The minimum absolute atomic E-state index is 0.247. The molecule has 2 rings (SSSR count). The lowest BCUT2D eigenvalue weighted by molar-refractivity contribution is -0.126. The average Bonchev–Trinajstić information content (AvgIpc) is 3.11. The first-order valence-corrected chi connectivity index (χ1v) is 12.5. The van der Waals surface area contributed by atoms with Crippen LogP contribution in [0.1, 0.15) is 26.7 Å². The summed E-state index contributed by atoms with van der Waals surface area (Å²) in [5.74, 6) is -3.72. The van der Waals surface area contributed by atoms with Gasteiger partial charge in [0.05, 0.1) is 17.1 Å². The third-order valence-electron chi connectivity index (χ3n) is 5.69. The number of nitrogens with zero attached hydrogens (tertiary/aromatic N) is 4. The summed E-state index contributed by atoms with van der Waals surface area (Å²) in [6.07, 6.45) is -8.58. The lowest BCUT2D eigenvalue weighted by Gasteiger charge is -2.34. The van der Waals surface area contributed by atoms with Crippen LogP contribution >= 0.6 is 0 Å². The predicted molar refractivity (Wildman–Crippen MR) is 127 cm³/mol. The number of alkyl halides is 4. The largest absolute Gasteiger partial charge is 0.511 e. The number of hydrogen-bond donors (Lipinski definition) is 2. The summed E-state index contributed by atoms with van der Waals surface area (Å²) in [5.41, 5.74) is 0. The Morgan fingerprint density at radius 1 is 1.35 bits per heavy atom. The van der Waals surface area contributed by atoms with E-state index in [1.54, 1.807) is 0 Å². The zero-order chi connectivity index (χ0) is 28.1. The highest BCUT2D eigenvalue weighted by atomic mass is 32.2. The van der Waals surface area contributed by atoms with Crippen LogP contribution in [-0.2, 0) is 14.8 Å². The summed E-state index contributed by atoms with van der Waals surface area (Å²) < 4.78 is 96.0. The normalized spacial score (nSPS) is 22.5. The van der Waals surface area contributed by atoms with Crippen molar-refractivity contribution >= 4 is 28.5 Å². The van der Waals surface area contributed by atoms with E-state index in [1.165, 1.54) is 13.8 Å². The van der Waals surface area contributed by atoms with Crippen molar-refractivity contribution in [2.75, 3.05) is 13.6 Å². The van der Waals surface area contributed by atoms with Gasteiger partial charge in [0.15, 0.2) is 0 Å². The second-order valence-corrected chi connectivity index (χ2v) is 10.1. The van der Waals surface area contributed by atoms with Crippen LogP contribution in [0.3, 0.4) is 0 Å². The number of amides is 1. The van der Waals surface area contributed by atoms with E-state index in [1.807, 2.05) is 0 Å². The van der Waals surface area contributed by atoms with E-state index in [2.05, 4.69) is 22.0 Å². The zero-order valence-corrected chi connectivity index (χ0v) is 21.1. The van der Waals surface area contributed by atoms with Gasteiger partial charge in [-0.15, -0.1) is 0 Å². The van der Waals surface area contributed by atoms with E-state index >= 15 is 0 Å². The summed E-state index contributed by atoms with van der Waals surface area (Å²) in [6.45, 7) is 5.50. The molecule has 0 spiro atoms. The highest BCUT2D eigenvalue weighted by Crippen LogP contribution is 2.33. The smallest absolute Gasteiger partial charge is 0.449 e. The van der Waals surface area contributed by atoms with Crippen molar-refractivity contribution in [2.45, 2.75) is 62.2 Å². The lowest BCUT2D eigenvalue weighted by atomic mass is 10.1. The molecule has 0 aromatic heterocycles. The van der Waals surface area contributed by atoms with Gasteiger partial charge in [-0.05, 0) is 44.8 Å². The Kier molecular flexibility index (Phi) is 9.77. The number of hydrogen-bond acceptors (Lipinski definition) is 6. The molecular weight excluding hydrogens is 525 g/mol.